The molecule has 1 saturated carbocycles. The molecule has 2 amide bonds. The van der Waals surface area contributed by atoms with Gasteiger partial charge in [-0.3, -0.25) is 19.7 Å². The van der Waals surface area contributed by atoms with Gasteiger partial charge in [0.1, 0.15) is 0 Å². The zero-order valence-corrected chi connectivity index (χ0v) is 18.6. The van der Waals surface area contributed by atoms with Gasteiger partial charge in [-0.1, -0.05) is 37.5 Å². The Morgan fingerprint density at radius 2 is 1.87 bits per heavy atom. The molecule has 0 atom stereocenters. The third-order valence-corrected chi connectivity index (χ3v) is 6.72. The number of carbonyl (C=O) groups is 2. The summed E-state index contributed by atoms with van der Waals surface area (Å²) in [5, 5.41) is 13.9. The van der Waals surface area contributed by atoms with Crippen molar-refractivity contribution in [2.45, 2.75) is 50.0 Å². The lowest BCUT2D eigenvalue weighted by Crippen LogP contribution is -2.39. The summed E-state index contributed by atoms with van der Waals surface area (Å²) in [6.45, 7) is 1.65. The molecule has 0 aromatic heterocycles. The van der Waals surface area contributed by atoms with Crippen molar-refractivity contribution in [1.29, 1.82) is 0 Å². The molecule has 1 aliphatic carbocycles. The Morgan fingerprint density at radius 3 is 2.58 bits per heavy atom. The van der Waals surface area contributed by atoms with Crippen molar-refractivity contribution in [3.63, 3.8) is 0 Å². The summed E-state index contributed by atoms with van der Waals surface area (Å²) in [7, 11) is 1.86. The van der Waals surface area contributed by atoms with E-state index in [1.165, 1.54) is 24.2 Å². The number of nitrogens with zero attached hydrogens (tertiary/aromatic N) is 2. The summed E-state index contributed by atoms with van der Waals surface area (Å²) in [4.78, 5) is 38.7. The van der Waals surface area contributed by atoms with Crippen molar-refractivity contribution in [3.05, 3.63) is 63.7 Å². The maximum atomic E-state index is 12.8. The number of thioether (sulfide) groups is 1. The molecule has 1 aliphatic rings. The van der Waals surface area contributed by atoms with Gasteiger partial charge in [0, 0.05) is 35.3 Å². The number of nitrogens with one attached hydrogen (secondary N) is 1. The van der Waals surface area contributed by atoms with Crippen molar-refractivity contribution in [2.75, 3.05) is 18.1 Å². The van der Waals surface area contributed by atoms with Crippen LogP contribution in [-0.4, -0.2) is 40.5 Å². The third-order valence-electron chi connectivity index (χ3n) is 5.66. The molecule has 2 aromatic rings. The lowest BCUT2D eigenvalue weighted by Gasteiger charge is -2.31. The van der Waals surface area contributed by atoms with Crippen LogP contribution in [0.2, 0.25) is 0 Å². The molecule has 0 spiro atoms. The predicted molar refractivity (Wildman–Crippen MR) is 123 cm³/mol. The number of nitro groups is 1. The summed E-state index contributed by atoms with van der Waals surface area (Å²) in [6.07, 6.45) is 5.66. The number of benzene rings is 2. The normalized spacial score (nSPS) is 14.1. The Morgan fingerprint density at radius 1 is 1.16 bits per heavy atom. The Bertz CT molecular complexity index is 973. The monoisotopic (exact) mass is 441 g/mol. The highest BCUT2D eigenvalue weighted by molar-refractivity contribution is 8.00. The van der Waals surface area contributed by atoms with E-state index in [9.17, 15) is 19.7 Å². The van der Waals surface area contributed by atoms with Gasteiger partial charge in [0.2, 0.25) is 5.91 Å². The average molecular weight is 442 g/mol. The first-order valence-electron chi connectivity index (χ1n) is 10.4. The van der Waals surface area contributed by atoms with Gasteiger partial charge < -0.3 is 10.2 Å². The largest absolute Gasteiger partial charge is 0.342 e. The van der Waals surface area contributed by atoms with Crippen molar-refractivity contribution in [1.82, 2.24) is 4.90 Å². The second kappa shape index (κ2) is 10.4. The summed E-state index contributed by atoms with van der Waals surface area (Å²) in [5.41, 5.74) is 1.27. The van der Waals surface area contributed by atoms with Crippen LogP contribution in [-0.2, 0) is 4.79 Å². The number of nitro benzene ring substituents is 1. The van der Waals surface area contributed by atoms with Crippen LogP contribution in [0.25, 0.3) is 0 Å². The molecule has 0 unspecified atom stereocenters. The van der Waals surface area contributed by atoms with Gasteiger partial charge >= 0.3 is 0 Å². The minimum absolute atomic E-state index is 0.0446. The van der Waals surface area contributed by atoms with Crippen molar-refractivity contribution < 1.29 is 14.5 Å². The average Bonchev–Trinajstić information content (AvgIpc) is 2.78. The van der Waals surface area contributed by atoms with Crippen LogP contribution < -0.4 is 5.32 Å². The van der Waals surface area contributed by atoms with E-state index in [-0.39, 0.29) is 23.3 Å². The lowest BCUT2D eigenvalue weighted by atomic mass is 9.94. The number of hydrogen-bond donors (Lipinski definition) is 1. The van der Waals surface area contributed by atoms with Gasteiger partial charge in [-0.15, -0.1) is 11.8 Å². The first-order chi connectivity index (χ1) is 14.9. The van der Waals surface area contributed by atoms with Crippen LogP contribution in [0.3, 0.4) is 0 Å². The van der Waals surface area contributed by atoms with E-state index in [0.29, 0.717) is 27.8 Å². The molecule has 1 fully saturated rings. The molecular weight excluding hydrogens is 414 g/mol. The molecule has 8 heteroatoms. The smallest absolute Gasteiger partial charge is 0.274 e. The van der Waals surface area contributed by atoms with Crippen LogP contribution in [0.15, 0.2) is 47.4 Å². The van der Waals surface area contributed by atoms with E-state index in [2.05, 4.69) is 5.32 Å². The van der Waals surface area contributed by atoms with E-state index >= 15 is 0 Å². The molecular formula is C23H27N3O4S. The van der Waals surface area contributed by atoms with Gasteiger partial charge in [0.25, 0.3) is 11.6 Å². The Labute approximate surface area is 186 Å². The van der Waals surface area contributed by atoms with Gasteiger partial charge in [-0.25, -0.2) is 0 Å². The highest BCUT2D eigenvalue weighted by Crippen LogP contribution is 2.27. The van der Waals surface area contributed by atoms with E-state index < -0.39 is 4.92 Å². The minimum Gasteiger partial charge on any atom is -0.342 e. The molecule has 2 aromatic carbocycles. The SMILES string of the molecule is Cc1ccc(NC(=O)c2ccccc2SCC(=O)N(C)C2CCCCC2)cc1[N+](=O)[O-]. The number of anilines is 1. The number of aryl methyl sites for hydroxylation is 1. The highest BCUT2D eigenvalue weighted by Gasteiger charge is 2.22. The molecule has 164 valence electrons. The fourth-order valence-electron chi connectivity index (χ4n) is 3.78. The summed E-state index contributed by atoms with van der Waals surface area (Å²) in [5.74, 6) is -0.0524. The first-order valence-corrected chi connectivity index (χ1v) is 11.4. The van der Waals surface area contributed by atoms with E-state index in [1.54, 1.807) is 31.2 Å². The zero-order valence-electron chi connectivity index (χ0n) is 17.8. The van der Waals surface area contributed by atoms with Crippen LogP contribution >= 0.6 is 11.8 Å². The molecule has 0 aliphatic heterocycles. The summed E-state index contributed by atoms with van der Waals surface area (Å²) >= 11 is 1.34. The molecule has 0 radical (unpaired) electrons. The summed E-state index contributed by atoms with van der Waals surface area (Å²) < 4.78 is 0. The van der Waals surface area contributed by atoms with Gasteiger partial charge in [0.15, 0.2) is 0 Å². The first kappa shape index (κ1) is 22.8. The zero-order chi connectivity index (χ0) is 22.4. The van der Waals surface area contributed by atoms with Crippen molar-refractivity contribution >= 4 is 35.0 Å². The maximum absolute atomic E-state index is 12.8. The van der Waals surface area contributed by atoms with E-state index in [1.807, 2.05) is 24.1 Å². The predicted octanol–water partition coefficient (Wildman–Crippen LogP) is 5.04. The summed E-state index contributed by atoms with van der Waals surface area (Å²) in [6, 6.07) is 12.0. The van der Waals surface area contributed by atoms with Crippen molar-refractivity contribution in [2.24, 2.45) is 0 Å². The molecule has 1 N–H and O–H groups in total. The van der Waals surface area contributed by atoms with Crippen LogP contribution in [0.4, 0.5) is 11.4 Å². The Balaban J connectivity index is 1.67. The standard InChI is InChI=1S/C23H27N3O4S/c1-16-12-13-17(14-20(16)26(29)30)24-23(28)19-10-6-7-11-21(19)31-15-22(27)25(2)18-8-4-3-5-9-18/h6-7,10-14,18H,3-5,8-9,15H2,1-2H3,(H,24,28). The lowest BCUT2D eigenvalue weighted by molar-refractivity contribution is -0.385. The Kier molecular flexibility index (Phi) is 7.68. The van der Waals surface area contributed by atoms with Crippen LogP contribution in [0, 0.1) is 17.0 Å². The number of hydrogen-bond acceptors (Lipinski definition) is 5. The highest BCUT2D eigenvalue weighted by atomic mass is 32.2. The quantitative estimate of drug-likeness (QED) is 0.369. The van der Waals surface area contributed by atoms with E-state index in [0.717, 1.165) is 25.7 Å². The molecule has 0 bridgehead atoms. The van der Waals surface area contributed by atoms with Crippen molar-refractivity contribution in [3.8, 4) is 0 Å². The Hall–Kier alpha value is -2.87. The molecule has 0 saturated heterocycles. The molecule has 7 nitrogen and oxygen atoms in total. The number of amides is 2. The molecule has 0 heterocycles. The molecule has 3 rings (SSSR count). The van der Waals surface area contributed by atoms with E-state index in [4.69, 9.17) is 0 Å². The third kappa shape index (κ3) is 5.85. The van der Waals surface area contributed by atoms with Crippen LogP contribution in [0.1, 0.15) is 48.0 Å². The second-order valence-corrected chi connectivity index (χ2v) is 8.81. The fourth-order valence-corrected chi connectivity index (χ4v) is 4.75. The fraction of sp³-hybridized carbons (Fsp3) is 0.391. The maximum Gasteiger partial charge on any atom is 0.274 e. The minimum atomic E-state index is -0.469. The van der Waals surface area contributed by atoms with Gasteiger partial charge in [-0.05, 0) is 38.0 Å². The number of carbonyl (C=O) groups excluding carboxylic acids is 2. The molecule has 31 heavy (non-hydrogen) atoms. The van der Waals surface area contributed by atoms with Crippen LogP contribution in [0.5, 0.6) is 0 Å². The van der Waals surface area contributed by atoms with Gasteiger partial charge in [0.05, 0.1) is 16.2 Å². The number of rotatable bonds is 7. The topological polar surface area (TPSA) is 92.6 Å². The second-order valence-electron chi connectivity index (χ2n) is 7.79. The van der Waals surface area contributed by atoms with Gasteiger partial charge in [-0.2, -0.15) is 0 Å².